The number of hydrogen-bond acceptors (Lipinski definition) is 5. The van der Waals surface area contributed by atoms with Gasteiger partial charge in [0.05, 0.1) is 11.9 Å². The minimum Gasteiger partial charge on any atom is -0.543 e. The minimum atomic E-state index is -2.19. The predicted molar refractivity (Wildman–Crippen MR) is 30.1 cm³/mol. The molecule has 0 aliphatic rings. The largest absolute Gasteiger partial charge is 0.543 e. The van der Waals surface area contributed by atoms with Crippen molar-refractivity contribution in [2.45, 2.75) is 0 Å². The number of rotatable bonds is 0. The van der Waals surface area contributed by atoms with Crippen LogP contribution in [-0.4, -0.2) is 24.2 Å². The lowest BCUT2D eigenvalue weighted by atomic mass is 10.7. The van der Waals surface area contributed by atoms with Crippen LogP contribution in [0, 0.1) is 0 Å². The van der Waals surface area contributed by atoms with Crippen molar-refractivity contribution in [1.29, 1.82) is 0 Å². The van der Waals surface area contributed by atoms with Crippen LogP contribution in [0.2, 0.25) is 0 Å². The van der Waals surface area contributed by atoms with Gasteiger partial charge in [-0.2, -0.15) is 0 Å². The minimum absolute atomic E-state index is 0. The van der Waals surface area contributed by atoms with Gasteiger partial charge >= 0.3 is 0 Å². The maximum Gasteiger partial charge on any atom is 0.0870 e. The Labute approximate surface area is 57.5 Å². The molecular weight excluding hydrogens is 144 g/mol. The number of carbonyl (C=O) groups excluding carboxylic acids is 2. The van der Waals surface area contributed by atoms with Crippen molar-refractivity contribution in [3.05, 3.63) is 0 Å². The van der Waals surface area contributed by atoms with E-state index in [0.717, 1.165) is 7.11 Å². The van der Waals surface area contributed by atoms with Gasteiger partial charge in [-0.15, -0.1) is 0 Å². The first kappa shape index (κ1) is 23.2. The quantitative estimate of drug-likeness (QED) is 0.313. The van der Waals surface area contributed by atoms with E-state index in [0.29, 0.717) is 0 Å². The van der Waals surface area contributed by atoms with Crippen molar-refractivity contribution in [3.8, 4) is 0 Å². The summed E-state index contributed by atoms with van der Waals surface area (Å²) in [5.74, 6) is -4.37. The molecule has 0 heterocycles. The van der Waals surface area contributed by atoms with Crippen LogP contribution in [0.4, 0.5) is 0 Å². The Bertz CT molecular complexity index is 80.9. The number of aliphatic hydroxyl groups excluding tert-OH is 1. The summed E-state index contributed by atoms with van der Waals surface area (Å²) in [6, 6.07) is 0. The predicted octanol–water partition coefficient (Wildman–Crippen LogP) is -3.15. The average molecular weight is 156 g/mol. The van der Waals surface area contributed by atoms with E-state index in [1.807, 2.05) is 0 Å². The van der Waals surface area contributed by atoms with Crippen LogP contribution in [0.3, 0.4) is 0 Å². The number of hydrogen-bond donors (Lipinski definition) is 3. The molecule has 0 fully saturated rings. The maximum absolute atomic E-state index is 8.93. The summed E-state index contributed by atoms with van der Waals surface area (Å²) in [5.41, 5.74) is 0. The fraction of sp³-hybridized carbons (Fsp3) is 0.333. The van der Waals surface area contributed by atoms with E-state index in [4.69, 9.17) is 24.9 Å². The number of carbonyl (C=O) groups is 2. The Morgan fingerprint density at radius 1 is 1.00 bits per heavy atom. The first-order valence-corrected chi connectivity index (χ1v) is 1.51. The van der Waals surface area contributed by atoms with Gasteiger partial charge < -0.3 is 37.2 Å². The Morgan fingerprint density at radius 2 is 1.10 bits per heavy atom. The third kappa shape index (κ3) is 29.0. The van der Waals surface area contributed by atoms with Gasteiger partial charge in [0.1, 0.15) is 0 Å². The summed E-state index contributed by atoms with van der Waals surface area (Å²) >= 11 is 0. The summed E-state index contributed by atoms with van der Waals surface area (Å²) in [6.45, 7) is 0. The Morgan fingerprint density at radius 3 is 1.10 bits per heavy atom. The molecule has 0 aliphatic carbocycles. The maximum atomic E-state index is 8.93. The molecule has 64 valence electrons. The fourth-order valence-corrected chi connectivity index (χ4v) is 0. The zero-order valence-electron chi connectivity index (χ0n) is 6.08. The highest BCUT2D eigenvalue weighted by molar-refractivity contribution is 6.25. The van der Waals surface area contributed by atoms with Crippen molar-refractivity contribution < 1.29 is 24.9 Å². The van der Waals surface area contributed by atoms with E-state index >= 15 is 0 Å². The fourth-order valence-electron chi connectivity index (χ4n) is 0. The van der Waals surface area contributed by atoms with Crippen LogP contribution in [0.15, 0.2) is 0 Å². The van der Waals surface area contributed by atoms with Crippen molar-refractivity contribution in [3.63, 3.8) is 0 Å². The second-order valence-electron chi connectivity index (χ2n) is 0.575. The topological polar surface area (TPSA) is 173 Å². The van der Waals surface area contributed by atoms with Crippen LogP contribution < -0.4 is 22.5 Å². The normalized spacial score (nSPS) is 5.00. The highest BCUT2D eigenvalue weighted by Crippen LogP contribution is 1.41. The summed E-state index contributed by atoms with van der Waals surface area (Å²) in [5, 5.41) is 24.9. The zero-order valence-corrected chi connectivity index (χ0v) is 6.08. The van der Waals surface area contributed by atoms with Gasteiger partial charge in [-0.25, -0.2) is 0 Å². The van der Waals surface area contributed by atoms with Gasteiger partial charge in [0, 0.05) is 7.11 Å². The first-order valence-electron chi connectivity index (χ1n) is 1.51. The molecule has 0 saturated heterocycles. The molecule has 0 amide bonds. The molecule has 0 aromatic carbocycles. The highest BCUT2D eigenvalue weighted by atomic mass is 16.4. The molecule has 0 unspecified atom stereocenters. The molecular formula is C3H12N2O5. The third-order valence-electron chi connectivity index (χ3n) is 0.167. The first-order chi connectivity index (χ1) is 3.64. The lowest BCUT2D eigenvalue weighted by Crippen LogP contribution is -2.42. The van der Waals surface area contributed by atoms with E-state index in [1.165, 1.54) is 0 Å². The molecule has 0 spiro atoms. The van der Waals surface area contributed by atoms with Crippen LogP contribution in [0.5, 0.6) is 0 Å². The van der Waals surface area contributed by atoms with Crippen LogP contribution in [0.25, 0.3) is 0 Å². The number of aliphatic carboxylic acids is 2. The molecule has 7 heteroatoms. The summed E-state index contributed by atoms with van der Waals surface area (Å²) < 4.78 is 0. The Kier molecular flexibility index (Phi) is 36.3. The molecule has 9 N–H and O–H groups in total. The molecule has 0 atom stereocenters. The van der Waals surface area contributed by atoms with Gasteiger partial charge in [0.25, 0.3) is 0 Å². The molecule has 0 aromatic heterocycles. The van der Waals surface area contributed by atoms with Crippen molar-refractivity contribution in [2.75, 3.05) is 7.11 Å². The molecule has 0 aliphatic heterocycles. The highest BCUT2D eigenvalue weighted by Gasteiger charge is 1.74. The van der Waals surface area contributed by atoms with Gasteiger partial charge in [0.2, 0.25) is 0 Å². The number of aliphatic hydroxyl groups is 1. The van der Waals surface area contributed by atoms with Gasteiger partial charge in [-0.3, -0.25) is 0 Å². The molecule has 0 radical (unpaired) electrons. The number of carboxylic acid groups (broad SMARTS) is 2. The SMILES string of the molecule is CO.O=C([O-])C(=O)[O-].[NH4+].[NH4+]. The second kappa shape index (κ2) is 15.7. The molecule has 10 heavy (non-hydrogen) atoms. The van der Waals surface area contributed by atoms with Crippen LogP contribution in [0.1, 0.15) is 0 Å². The lowest BCUT2D eigenvalue weighted by Gasteiger charge is -1.97. The van der Waals surface area contributed by atoms with Crippen LogP contribution >= 0.6 is 0 Å². The summed E-state index contributed by atoms with van der Waals surface area (Å²) in [6.07, 6.45) is 0. The van der Waals surface area contributed by atoms with E-state index in [2.05, 4.69) is 0 Å². The monoisotopic (exact) mass is 156 g/mol. The third-order valence-corrected chi connectivity index (χ3v) is 0.167. The molecule has 0 saturated carbocycles. The molecule has 7 nitrogen and oxygen atoms in total. The number of quaternary nitrogens is 2. The number of carboxylic acids is 2. The van der Waals surface area contributed by atoms with E-state index < -0.39 is 11.9 Å². The molecule has 0 aromatic rings. The van der Waals surface area contributed by atoms with Gasteiger partial charge in [0.15, 0.2) is 0 Å². The van der Waals surface area contributed by atoms with Crippen molar-refractivity contribution >= 4 is 11.9 Å². The van der Waals surface area contributed by atoms with Gasteiger partial charge in [-0.1, -0.05) is 0 Å². The summed E-state index contributed by atoms with van der Waals surface area (Å²) in [4.78, 5) is 17.9. The van der Waals surface area contributed by atoms with Gasteiger partial charge in [-0.05, 0) is 0 Å². The Hall–Kier alpha value is -1.18. The Balaban J connectivity index is -0.0000000412. The summed E-state index contributed by atoms with van der Waals surface area (Å²) in [7, 11) is 1.00. The van der Waals surface area contributed by atoms with E-state index in [9.17, 15) is 0 Å². The second-order valence-corrected chi connectivity index (χ2v) is 0.575. The molecule has 0 bridgehead atoms. The standard InChI is InChI=1S/C2H2O4.CH4O.2H3N/c3-1(4)2(5)6;1-2;;/h(H,3,4)(H,5,6);2H,1H3;2*1H3. The van der Waals surface area contributed by atoms with Crippen molar-refractivity contribution in [2.24, 2.45) is 0 Å². The average Bonchev–Trinajstić information content (AvgIpc) is 1.72. The van der Waals surface area contributed by atoms with E-state index in [1.54, 1.807) is 0 Å². The zero-order chi connectivity index (χ0) is 7.15. The van der Waals surface area contributed by atoms with Crippen LogP contribution in [-0.2, 0) is 9.59 Å². The van der Waals surface area contributed by atoms with E-state index in [-0.39, 0.29) is 12.3 Å². The van der Waals surface area contributed by atoms with Crippen molar-refractivity contribution in [1.82, 2.24) is 12.3 Å². The lowest BCUT2D eigenvalue weighted by molar-refractivity contribution is -0.345. The molecule has 0 rings (SSSR count). The smallest absolute Gasteiger partial charge is 0.0870 e.